The first-order valence-corrected chi connectivity index (χ1v) is 10.6. The maximum atomic E-state index is 12.5. The standard InChI is InChI=1S/C23H27N3O4S/c1-15-6-9-20(29-4)16(10-15)12-26(2)13-22(27)25-23-24-19(14-31-23)18-8-7-17(28-3)11-21(18)30-5/h6-11,14H,12-13H2,1-5H3,(H,24,25,27). The summed E-state index contributed by atoms with van der Waals surface area (Å²) in [4.78, 5) is 19.0. The number of likely N-dealkylation sites (N-methyl/N-ethyl adjacent to an activating group) is 1. The Morgan fingerprint density at radius 3 is 2.55 bits per heavy atom. The summed E-state index contributed by atoms with van der Waals surface area (Å²) in [6, 6.07) is 11.6. The highest BCUT2D eigenvalue weighted by Gasteiger charge is 2.15. The summed E-state index contributed by atoms with van der Waals surface area (Å²) in [7, 11) is 6.76. The number of thiazole rings is 1. The molecule has 164 valence electrons. The molecule has 0 fully saturated rings. The van der Waals surface area contributed by atoms with E-state index in [-0.39, 0.29) is 12.5 Å². The Bertz CT molecular complexity index is 1050. The van der Waals surface area contributed by atoms with Crippen molar-refractivity contribution >= 4 is 22.4 Å². The summed E-state index contributed by atoms with van der Waals surface area (Å²) in [5.41, 5.74) is 3.76. The first-order valence-electron chi connectivity index (χ1n) is 9.73. The lowest BCUT2D eigenvalue weighted by atomic mass is 10.1. The highest BCUT2D eigenvalue weighted by Crippen LogP contribution is 2.34. The lowest BCUT2D eigenvalue weighted by Gasteiger charge is -2.18. The van der Waals surface area contributed by atoms with Gasteiger partial charge >= 0.3 is 0 Å². The normalized spacial score (nSPS) is 10.8. The second-order valence-electron chi connectivity index (χ2n) is 7.14. The number of nitrogens with zero attached hydrogens (tertiary/aromatic N) is 2. The van der Waals surface area contributed by atoms with Gasteiger partial charge in [0.05, 0.1) is 33.6 Å². The van der Waals surface area contributed by atoms with Crippen LogP contribution in [0.2, 0.25) is 0 Å². The van der Waals surface area contributed by atoms with Crippen molar-refractivity contribution in [3.8, 4) is 28.5 Å². The van der Waals surface area contributed by atoms with Gasteiger partial charge in [-0.15, -0.1) is 11.3 Å². The third-order valence-corrected chi connectivity index (χ3v) is 5.48. The molecule has 1 aromatic heterocycles. The molecule has 3 rings (SSSR count). The topological polar surface area (TPSA) is 72.9 Å². The van der Waals surface area contributed by atoms with Crippen molar-refractivity contribution in [3.05, 3.63) is 52.9 Å². The van der Waals surface area contributed by atoms with Crippen molar-refractivity contribution in [2.75, 3.05) is 40.2 Å². The Labute approximate surface area is 186 Å². The molecule has 8 heteroatoms. The summed E-state index contributed by atoms with van der Waals surface area (Å²) >= 11 is 1.37. The number of hydrogen-bond acceptors (Lipinski definition) is 7. The number of ether oxygens (including phenoxy) is 3. The molecule has 0 saturated carbocycles. The van der Waals surface area contributed by atoms with Crippen molar-refractivity contribution in [1.82, 2.24) is 9.88 Å². The fourth-order valence-corrected chi connectivity index (χ4v) is 3.97. The van der Waals surface area contributed by atoms with Gasteiger partial charge in [-0.2, -0.15) is 0 Å². The van der Waals surface area contributed by atoms with Crippen molar-refractivity contribution in [2.45, 2.75) is 13.5 Å². The highest BCUT2D eigenvalue weighted by atomic mass is 32.1. The van der Waals surface area contributed by atoms with Crippen LogP contribution < -0.4 is 19.5 Å². The van der Waals surface area contributed by atoms with Gasteiger partial charge in [-0.05, 0) is 32.2 Å². The first-order chi connectivity index (χ1) is 14.9. The molecule has 1 amide bonds. The van der Waals surface area contributed by atoms with Crippen LogP contribution in [0, 0.1) is 6.92 Å². The molecule has 7 nitrogen and oxygen atoms in total. The van der Waals surface area contributed by atoms with Crippen LogP contribution in [-0.4, -0.2) is 50.7 Å². The summed E-state index contributed by atoms with van der Waals surface area (Å²) in [6.07, 6.45) is 0. The van der Waals surface area contributed by atoms with E-state index in [4.69, 9.17) is 14.2 Å². The zero-order valence-corrected chi connectivity index (χ0v) is 19.2. The molecule has 0 aliphatic carbocycles. The van der Waals surface area contributed by atoms with Gasteiger partial charge in [-0.3, -0.25) is 9.69 Å². The average molecular weight is 442 g/mol. The molecular weight excluding hydrogens is 414 g/mol. The predicted molar refractivity (Wildman–Crippen MR) is 123 cm³/mol. The number of nitrogens with one attached hydrogen (secondary N) is 1. The van der Waals surface area contributed by atoms with E-state index in [1.165, 1.54) is 11.3 Å². The molecule has 0 radical (unpaired) electrons. The SMILES string of the molecule is COc1ccc(-c2csc(NC(=O)CN(C)Cc3cc(C)ccc3OC)n2)c(OC)c1. The van der Waals surface area contributed by atoms with Gasteiger partial charge in [0.2, 0.25) is 5.91 Å². The van der Waals surface area contributed by atoms with Crippen molar-refractivity contribution < 1.29 is 19.0 Å². The van der Waals surface area contributed by atoms with Crippen molar-refractivity contribution in [1.29, 1.82) is 0 Å². The number of benzene rings is 2. The zero-order valence-electron chi connectivity index (χ0n) is 18.4. The zero-order chi connectivity index (χ0) is 22.4. The van der Waals surface area contributed by atoms with E-state index in [1.807, 2.05) is 54.6 Å². The van der Waals surface area contributed by atoms with Gasteiger partial charge in [-0.1, -0.05) is 17.7 Å². The predicted octanol–water partition coefficient (Wildman–Crippen LogP) is 4.21. The van der Waals surface area contributed by atoms with E-state index in [9.17, 15) is 4.79 Å². The molecule has 1 N–H and O–H groups in total. The molecule has 0 atom stereocenters. The minimum atomic E-state index is -0.128. The molecule has 0 aliphatic rings. The van der Waals surface area contributed by atoms with E-state index in [0.717, 1.165) is 28.1 Å². The Morgan fingerprint density at radius 1 is 1.06 bits per heavy atom. The summed E-state index contributed by atoms with van der Waals surface area (Å²) in [5, 5.41) is 5.31. The number of aromatic nitrogens is 1. The Balaban J connectivity index is 1.63. The first kappa shape index (κ1) is 22.6. The fourth-order valence-electron chi connectivity index (χ4n) is 3.25. The maximum Gasteiger partial charge on any atom is 0.240 e. The molecule has 3 aromatic rings. The highest BCUT2D eigenvalue weighted by molar-refractivity contribution is 7.14. The molecule has 2 aromatic carbocycles. The molecule has 0 bridgehead atoms. The quantitative estimate of drug-likeness (QED) is 0.536. The van der Waals surface area contributed by atoms with Crippen molar-refractivity contribution in [2.24, 2.45) is 0 Å². The van der Waals surface area contributed by atoms with Crippen LogP contribution in [0.25, 0.3) is 11.3 Å². The minimum absolute atomic E-state index is 0.128. The molecule has 0 saturated heterocycles. The van der Waals surface area contributed by atoms with Gasteiger partial charge in [0, 0.05) is 29.1 Å². The Hall–Kier alpha value is -3.10. The van der Waals surface area contributed by atoms with Crippen LogP contribution in [0.15, 0.2) is 41.8 Å². The van der Waals surface area contributed by atoms with Gasteiger partial charge in [-0.25, -0.2) is 4.98 Å². The van der Waals surface area contributed by atoms with Crippen LogP contribution in [0.3, 0.4) is 0 Å². The van der Waals surface area contributed by atoms with Crippen LogP contribution in [0.5, 0.6) is 17.2 Å². The Kier molecular flexibility index (Phi) is 7.49. The smallest absolute Gasteiger partial charge is 0.240 e. The molecule has 0 aliphatic heterocycles. The van der Waals surface area contributed by atoms with Crippen molar-refractivity contribution in [3.63, 3.8) is 0 Å². The van der Waals surface area contributed by atoms with Crippen LogP contribution in [-0.2, 0) is 11.3 Å². The average Bonchev–Trinajstić information content (AvgIpc) is 3.21. The van der Waals surface area contributed by atoms with Crippen LogP contribution in [0.4, 0.5) is 5.13 Å². The van der Waals surface area contributed by atoms with Gasteiger partial charge in [0.15, 0.2) is 5.13 Å². The van der Waals surface area contributed by atoms with E-state index in [0.29, 0.717) is 23.2 Å². The molecular formula is C23H27N3O4S. The van der Waals surface area contributed by atoms with Crippen LogP contribution in [0.1, 0.15) is 11.1 Å². The van der Waals surface area contributed by atoms with Crippen LogP contribution >= 0.6 is 11.3 Å². The largest absolute Gasteiger partial charge is 0.497 e. The van der Waals surface area contributed by atoms with Gasteiger partial charge in [0.1, 0.15) is 17.2 Å². The lowest BCUT2D eigenvalue weighted by Crippen LogP contribution is -2.30. The number of aryl methyl sites for hydroxylation is 1. The number of anilines is 1. The van der Waals surface area contributed by atoms with Gasteiger partial charge < -0.3 is 19.5 Å². The summed E-state index contributed by atoms with van der Waals surface area (Å²) in [6.45, 7) is 2.87. The molecule has 0 spiro atoms. The summed E-state index contributed by atoms with van der Waals surface area (Å²) < 4.78 is 16.1. The number of rotatable bonds is 9. The number of methoxy groups -OCH3 is 3. The summed E-state index contributed by atoms with van der Waals surface area (Å²) in [5.74, 6) is 2.06. The minimum Gasteiger partial charge on any atom is -0.497 e. The molecule has 1 heterocycles. The van der Waals surface area contributed by atoms with E-state index >= 15 is 0 Å². The van der Waals surface area contributed by atoms with E-state index in [2.05, 4.69) is 16.4 Å². The number of hydrogen-bond donors (Lipinski definition) is 1. The monoisotopic (exact) mass is 441 g/mol. The lowest BCUT2D eigenvalue weighted by molar-refractivity contribution is -0.117. The third-order valence-electron chi connectivity index (χ3n) is 4.72. The second-order valence-corrected chi connectivity index (χ2v) is 8.00. The van der Waals surface area contributed by atoms with Gasteiger partial charge in [0.25, 0.3) is 0 Å². The number of carbonyl (C=O) groups is 1. The third kappa shape index (κ3) is 5.74. The maximum absolute atomic E-state index is 12.5. The number of amides is 1. The van der Waals surface area contributed by atoms with E-state index in [1.54, 1.807) is 21.3 Å². The molecule has 0 unspecified atom stereocenters. The molecule has 31 heavy (non-hydrogen) atoms. The Morgan fingerprint density at radius 2 is 1.84 bits per heavy atom. The fraction of sp³-hybridized carbons (Fsp3) is 0.304. The van der Waals surface area contributed by atoms with E-state index < -0.39 is 0 Å². The second kappa shape index (κ2) is 10.3. The number of carbonyl (C=O) groups excluding carboxylic acids is 1.